The summed E-state index contributed by atoms with van der Waals surface area (Å²) >= 11 is 0. The predicted octanol–water partition coefficient (Wildman–Crippen LogP) is 5.32. The molecule has 2 amide bonds. The number of hydrogen-bond acceptors (Lipinski definition) is 6. The quantitative estimate of drug-likeness (QED) is 0.388. The number of benzene rings is 2. The number of anilines is 5. The number of nitrogens with one attached hydrogen (secondary N) is 3. The molecule has 0 fully saturated rings. The van der Waals surface area contributed by atoms with Crippen molar-refractivity contribution in [3.63, 3.8) is 0 Å². The summed E-state index contributed by atoms with van der Waals surface area (Å²) < 4.78 is 41.1. The second kappa shape index (κ2) is 10.3. The van der Waals surface area contributed by atoms with Crippen molar-refractivity contribution in [3.8, 4) is 0 Å². The zero-order valence-corrected chi connectivity index (χ0v) is 20.2. The van der Waals surface area contributed by atoms with Gasteiger partial charge in [-0.1, -0.05) is 18.7 Å². The largest absolute Gasteiger partial charge is 0.421 e. The average molecular weight is 511 g/mol. The van der Waals surface area contributed by atoms with Gasteiger partial charge in [0, 0.05) is 43.3 Å². The number of alkyl halides is 3. The lowest BCUT2D eigenvalue weighted by molar-refractivity contribution is -0.137. The van der Waals surface area contributed by atoms with Gasteiger partial charge in [-0.2, -0.15) is 18.2 Å². The summed E-state index contributed by atoms with van der Waals surface area (Å²) in [6.45, 7) is 7.95. The van der Waals surface area contributed by atoms with Crippen molar-refractivity contribution in [2.75, 3.05) is 22.5 Å². The number of aromatic nitrogens is 2. The van der Waals surface area contributed by atoms with E-state index in [1.54, 1.807) is 29.2 Å². The number of nitrogens with zero attached hydrogens (tertiary/aromatic N) is 3. The minimum Gasteiger partial charge on any atom is -0.339 e. The van der Waals surface area contributed by atoms with E-state index < -0.39 is 23.5 Å². The number of amides is 2. The fraction of sp³-hybridized carbons (Fsp3) is 0.231. The lowest BCUT2D eigenvalue weighted by atomic mass is 9.94. The molecular formula is C26H25F3N6O2. The van der Waals surface area contributed by atoms with Crippen LogP contribution in [0, 0.1) is 6.92 Å². The third kappa shape index (κ3) is 5.88. The fourth-order valence-electron chi connectivity index (χ4n) is 4.11. The maximum atomic E-state index is 13.7. The summed E-state index contributed by atoms with van der Waals surface area (Å²) in [5, 5.41) is 8.28. The monoisotopic (exact) mass is 510 g/mol. The molecule has 0 unspecified atom stereocenters. The first-order valence-electron chi connectivity index (χ1n) is 11.4. The summed E-state index contributed by atoms with van der Waals surface area (Å²) in [7, 11) is 0. The minimum absolute atomic E-state index is 0.0114. The topological polar surface area (TPSA) is 99.2 Å². The highest BCUT2D eigenvalue weighted by Gasteiger charge is 2.35. The Morgan fingerprint density at radius 1 is 1.14 bits per heavy atom. The maximum absolute atomic E-state index is 13.7. The molecular weight excluding hydrogens is 485 g/mol. The van der Waals surface area contributed by atoms with Gasteiger partial charge in [0.25, 0.3) is 0 Å². The summed E-state index contributed by atoms with van der Waals surface area (Å²) in [5.41, 5.74) is 3.33. The number of fused-ring (bicyclic) bond motifs is 1. The summed E-state index contributed by atoms with van der Waals surface area (Å²) in [4.78, 5) is 33.1. The molecule has 0 atom stereocenters. The summed E-state index contributed by atoms with van der Waals surface area (Å²) in [5.74, 6) is -0.894. The van der Waals surface area contributed by atoms with Gasteiger partial charge in [-0.25, -0.2) is 4.98 Å². The second-order valence-corrected chi connectivity index (χ2v) is 8.54. The molecule has 0 radical (unpaired) electrons. The van der Waals surface area contributed by atoms with Crippen LogP contribution in [-0.4, -0.2) is 33.2 Å². The lowest BCUT2D eigenvalue weighted by Gasteiger charge is -2.29. The van der Waals surface area contributed by atoms with Crippen molar-refractivity contribution >= 4 is 40.6 Å². The van der Waals surface area contributed by atoms with Gasteiger partial charge >= 0.3 is 6.18 Å². The number of carbonyl (C=O) groups excluding carboxylic acids is 2. The average Bonchev–Trinajstić information content (AvgIpc) is 2.85. The van der Waals surface area contributed by atoms with E-state index in [1.807, 2.05) is 13.0 Å². The van der Waals surface area contributed by atoms with Gasteiger partial charge in [0.2, 0.25) is 17.8 Å². The molecule has 3 N–H and O–H groups in total. The summed E-state index contributed by atoms with van der Waals surface area (Å²) in [6.07, 6.45) is -2.21. The van der Waals surface area contributed by atoms with E-state index in [1.165, 1.54) is 13.0 Å². The molecule has 8 nitrogen and oxygen atoms in total. The van der Waals surface area contributed by atoms with Crippen LogP contribution in [0.3, 0.4) is 0 Å². The Kier molecular flexibility index (Phi) is 7.14. The highest BCUT2D eigenvalue weighted by Crippen LogP contribution is 2.36. The van der Waals surface area contributed by atoms with Crippen molar-refractivity contribution < 1.29 is 22.8 Å². The van der Waals surface area contributed by atoms with E-state index in [9.17, 15) is 22.8 Å². The standard InChI is InChI=1S/C26H25F3N6O2/c1-4-23(37)31-18-6-5-7-19(12-18)32-24-21(26(27,28)29)13-30-25(34-24)33-22-9-8-17-14-35(16(3)36)11-10-20(17)15(22)2/h4-9,12-13H,1,10-11,14H2,2-3H3,(H,31,37)(H2,30,32,33,34). The third-order valence-electron chi connectivity index (χ3n) is 6.05. The fourth-order valence-corrected chi connectivity index (χ4v) is 4.11. The van der Waals surface area contributed by atoms with E-state index in [-0.39, 0.29) is 17.5 Å². The molecule has 11 heteroatoms. The van der Waals surface area contributed by atoms with Crippen LogP contribution in [0.15, 0.2) is 55.3 Å². The molecule has 0 aliphatic carbocycles. The van der Waals surface area contributed by atoms with Crippen molar-refractivity contribution in [1.82, 2.24) is 14.9 Å². The van der Waals surface area contributed by atoms with Crippen molar-refractivity contribution in [2.45, 2.75) is 33.0 Å². The van der Waals surface area contributed by atoms with E-state index in [4.69, 9.17) is 0 Å². The zero-order chi connectivity index (χ0) is 26.7. The minimum atomic E-state index is -4.69. The van der Waals surface area contributed by atoms with E-state index in [0.29, 0.717) is 30.9 Å². The Morgan fingerprint density at radius 3 is 2.59 bits per heavy atom. The highest BCUT2D eigenvalue weighted by molar-refractivity contribution is 5.99. The molecule has 3 aromatic rings. The van der Waals surface area contributed by atoms with Gasteiger partial charge in [0.05, 0.1) is 0 Å². The molecule has 0 saturated heterocycles. The van der Waals surface area contributed by atoms with Crippen LogP contribution in [-0.2, 0) is 28.7 Å². The molecule has 0 saturated carbocycles. The normalized spacial score (nSPS) is 12.9. The van der Waals surface area contributed by atoms with Gasteiger partial charge in [-0.15, -0.1) is 0 Å². The van der Waals surface area contributed by atoms with Crippen LogP contribution < -0.4 is 16.0 Å². The van der Waals surface area contributed by atoms with Crippen LogP contribution in [0.25, 0.3) is 0 Å². The SMILES string of the molecule is C=CC(=O)Nc1cccc(Nc2nc(Nc3ccc4c(c3C)CCN(C(C)=O)C4)ncc2C(F)(F)F)c1. The number of halogens is 3. The van der Waals surface area contributed by atoms with Gasteiger partial charge in [-0.3, -0.25) is 9.59 Å². The molecule has 2 aromatic carbocycles. The predicted molar refractivity (Wildman–Crippen MR) is 135 cm³/mol. The van der Waals surface area contributed by atoms with Crippen LogP contribution in [0.5, 0.6) is 0 Å². The lowest BCUT2D eigenvalue weighted by Crippen LogP contribution is -2.34. The van der Waals surface area contributed by atoms with Crippen molar-refractivity contribution in [2.24, 2.45) is 0 Å². The first kappa shape index (κ1) is 25.7. The van der Waals surface area contributed by atoms with Gasteiger partial charge in [0.1, 0.15) is 11.4 Å². The number of rotatable bonds is 6. The molecule has 1 aliphatic rings. The van der Waals surface area contributed by atoms with Crippen molar-refractivity contribution in [3.05, 3.63) is 77.5 Å². The molecule has 4 rings (SSSR count). The number of hydrogen-bond donors (Lipinski definition) is 3. The molecule has 192 valence electrons. The zero-order valence-electron chi connectivity index (χ0n) is 20.2. The second-order valence-electron chi connectivity index (χ2n) is 8.54. The Bertz CT molecular complexity index is 1370. The summed E-state index contributed by atoms with van der Waals surface area (Å²) in [6, 6.07) is 9.91. The van der Waals surface area contributed by atoms with Gasteiger partial charge < -0.3 is 20.9 Å². The number of carbonyl (C=O) groups is 2. The van der Waals surface area contributed by atoms with Gasteiger partial charge in [0.15, 0.2) is 0 Å². The van der Waals surface area contributed by atoms with Gasteiger partial charge in [-0.05, 0) is 60.4 Å². The Hall–Kier alpha value is -4.41. The van der Waals surface area contributed by atoms with Crippen LogP contribution in [0.2, 0.25) is 0 Å². The van der Waals surface area contributed by atoms with E-state index in [2.05, 4.69) is 32.5 Å². The van der Waals surface area contributed by atoms with E-state index >= 15 is 0 Å². The van der Waals surface area contributed by atoms with Crippen molar-refractivity contribution in [1.29, 1.82) is 0 Å². The molecule has 1 aromatic heterocycles. The van der Waals surface area contributed by atoms with E-state index in [0.717, 1.165) is 29.0 Å². The first-order chi connectivity index (χ1) is 17.5. The Morgan fingerprint density at radius 2 is 1.89 bits per heavy atom. The molecule has 2 heterocycles. The molecule has 0 spiro atoms. The van der Waals surface area contributed by atoms with Crippen LogP contribution in [0.1, 0.15) is 29.2 Å². The molecule has 0 bridgehead atoms. The molecule has 1 aliphatic heterocycles. The smallest absolute Gasteiger partial charge is 0.339 e. The van der Waals surface area contributed by atoms with Crippen LogP contribution >= 0.6 is 0 Å². The first-order valence-corrected chi connectivity index (χ1v) is 11.4. The Labute approximate surface area is 211 Å². The third-order valence-corrected chi connectivity index (χ3v) is 6.05. The maximum Gasteiger partial charge on any atom is 0.421 e. The molecule has 37 heavy (non-hydrogen) atoms. The Balaban J connectivity index is 1.62. The van der Waals surface area contributed by atoms with Crippen LogP contribution in [0.4, 0.5) is 42.0 Å². The highest BCUT2D eigenvalue weighted by atomic mass is 19.4.